The molecule has 0 aliphatic rings. The maximum absolute atomic E-state index is 11.4. The summed E-state index contributed by atoms with van der Waals surface area (Å²) in [6, 6.07) is 2.70. The fraction of sp³-hybridized carbons (Fsp3) is 0.429. The molecule has 1 rings (SSSR count). The summed E-state index contributed by atoms with van der Waals surface area (Å²) >= 11 is 0. The van der Waals surface area contributed by atoms with Crippen LogP contribution in [0, 0.1) is 0 Å². The maximum atomic E-state index is 11.4. The van der Waals surface area contributed by atoms with Gasteiger partial charge in [0.2, 0.25) is 0 Å². The predicted octanol–water partition coefficient (Wildman–Crippen LogP) is 2.43. The van der Waals surface area contributed by atoms with Crippen LogP contribution >= 0.6 is 0 Å². The molecule has 1 aromatic carbocycles. The molecule has 0 heterocycles. The minimum absolute atomic E-state index is 0.216. The Morgan fingerprint density at radius 2 is 1.63 bits per heavy atom. The van der Waals surface area contributed by atoms with Gasteiger partial charge in [-0.15, -0.1) is 0 Å². The zero-order chi connectivity index (χ0) is 15.0. The van der Waals surface area contributed by atoms with Crippen molar-refractivity contribution in [3.8, 4) is 0 Å². The third-order valence-electron chi connectivity index (χ3n) is 2.93. The first-order valence-corrected chi connectivity index (χ1v) is 5.93. The Morgan fingerprint density at radius 3 is 1.95 bits per heavy atom. The number of benzene rings is 1. The quantitative estimate of drug-likeness (QED) is 0.778. The van der Waals surface area contributed by atoms with Gasteiger partial charge in [-0.25, -0.2) is 9.59 Å². The molecule has 0 aliphatic heterocycles. The van der Waals surface area contributed by atoms with E-state index in [9.17, 15) is 19.8 Å². The van der Waals surface area contributed by atoms with E-state index in [1.165, 1.54) is 12.1 Å². The maximum Gasteiger partial charge on any atom is 0.336 e. The van der Waals surface area contributed by atoms with Gasteiger partial charge < -0.3 is 15.3 Å². The smallest absolute Gasteiger partial charge is 0.336 e. The van der Waals surface area contributed by atoms with Crippen LogP contribution in [0.1, 0.15) is 65.5 Å². The standard InChI is InChI=1S/C14H18O5/c1-7(2)10-9(14(3,4)19)6-5-8(12(15)16)11(10)13(17)18/h5-7,19H,1-4H3,(H,15,16)(H,17,18). The summed E-state index contributed by atoms with van der Waals surface area (Å²) in [5.41, 5.74) is -0.947. The molecule has 1 aromatic rings. The summed E-state index contributed by atoms with van der Waals surface area (Å²) in [7, 11) is 0. The molecule has 0 fully saturated rings. The lowest BCUT2D eigenvalue weighted by Crippen LogP contribution is -2.23. The van der Waals surface area contributed by atoms with Crippen molar-refractivity contribution in [3.05, 3.63) is 34.4 Å². The fourth-order valence-electron chi connectivity index (χ4n) is 2.16. The van der Waals surface area contributed by atoms with Crippen molar-refractivity contribution in [3.63, 3.8) is 0 Å². The average Bonchev–Trinajstić information content (AvgIpc) is 2.25. The first kappa shape index (κ1) is 15.2. The molecule has 0 amide bonds. The highest BCUT2D eigenvalue weighted by molar-refractivity contribution is 6.03. The largest absolute Gasteiger partial charge is 0.478 e. The highest BCUT2D eigenvalue weighted by atomic mass is 16.4. The Balaban J connectivity index is 3.79. The molecule has 19 heavy (non-hydrogen) atoms. The zero-order valence-electron chi connectivity index (χ0n) is 11.4. The first-order chi connectivity index (χ1) is 8.57. The number of aliphatic hydroxyl groups is 1. The van der Waals surface area contributed by atoms with Crippen molar-refractivity contribution in [2.45, 2.75) is 39.2 Å². The van der Waals surface area contributed by atoms with Crippen LogP contribution < -0.4 is 0 Å². The van der Waals surface area contributed by atoms with Gasteiger partial charge in [-0.05, 0) is 37.0 Å². The predicted molar refractivity (Wildman–Crippen MR) is 69.7 cm³/mol. The highest BCUT2D eigenvalue weighted by Gasteiger charge is 2.29. The lowest BCUT2D eigenvalue weighted by molar-refractivity contribution is 0.0642. The van der Waals surface area contributed by atoms with E-state index < -0.39 is 17.5 Å². The van der Waals surface area contributed by atoms with E-state index in [0.29, 0.717) is 11.1 Å². The van der Waals surface area contributed by atoms with Gasteiger partial charge in [0.15, 0.2) is 0 Å². The number of rotatable bonds is 4. The average molecular weight is 266 g/mol. The van der Waals surface area contributed by atoms with E-state index in [2.05, 4.69) is 0 Å². The van der Waals surface area contributed by atoms with Gasteiger partial charge in [-0.3, -0.25) is 0 Å². The van der Waals surface area contributed by atoms with Gasteiger partial charge in [0.05, 0.1) is 16.7 Å². The molecule has 0 saturated carbocycles. The van der Waals surface area contributed by atoms with Crippen molar-refractivity contribution < 1.29 is 24.9 Å². The Morgan fingerprint density at radius 1 is 1.11 bits per heavy atom. The van der Waals surface area contributed by atoms with Crippen LogP contribution in [-0.4, -0.2) is 27.3 Å². The van der Waals surface area contributed by atoms with Crippen LogP contribution in [0.3, 0.4) is 0 Å². The summed E-state index contributed by atoms with van der Waals surface area (Å²) in [5.74, 6) is -2.80. The molecule has 0 aromatic heterocycles. The fourth-order valence-corrected chi connectivity index (χ4v) is 2.16. The second kappa shape index (κ2) is 5.01. The molecule has 5 heteroatoms. The number of carboxylic acid groups (broad SMARTS) is 2. The van der Waals surface area contributed by atoms with Gasteiger partial charge in [0.1, 0.15) is 0 Å². The second-order valence-corrected chi connectivity index (χ2v) is 5.27. The highest BCUT2D eigenvalue weighted by Crippen LogP contribution is 2.33. The Hall–Kier alpha value is -1.88. The van der Waals surface area contributed by atoms with Crippen LogP contribution in [0.4, 0.5) is 0 Å². The zero-order valence-corrected chi connectivity index (χ0v) is 11.4. The van der Waals surface area contributed by atoms with Crippen molar-refractivity contribution in [1.29, 1.82) is 0 Å². The molecule has 5 nitrogen and oxygen atoms in total. The molecule has 104 valence electrons. The van der Waals surface area contributed by atoms with E-state index in [0.717, 1.165) is 0 Å². The Bertz CT molecular complexity index is 523. The van der Waals surface area contributed by atoms with Crippen LogP contribution in [0.5, 0.6) is 0 Å². The van der Waals surface area contributed by atoms with E-state index in [1.807, 2.05) is 0 Å². The molecule has 0 radical (unpaired) electrons. The van der Waals surface area contributed by atoms with Crippen molar-refractivity contribution in [2.75, 3.05) is 0 Å². The molecule has 0 spiro atoms. The normalized spacial score (nSPS) is 11.7. The number of carbonyl (C=O) groups is 2. The summed E-state index contributed by atoms with van der Waals surface area (Å²) < 4.78 is 0. The van der Waals surface area contributed by atoms with Gasteiger partial charge in [0, 0.05) is 0 Å². The lowest BCUT2D eigenvalue weighted by atomic mass is 9.82. The number of aromatic carboxylic acids is 2. The molecule has 0 saturated heterocycles. The van der Waals surface area contributed by atoms with E-state index in [4.69, 9.17) is 5.11 Å². The summed E-state index contributed by atoms with van der Waals surface area (Å²) in [6.45, 7) is 6.62. The third-order valence-corrected chi connectivity index (χ3v) is 2.93. The molecule has 0 bridgehead atoms. The third kappa shape index (κ3) is 2.93. The van der Waals surface area contributed by atoms with Crippen LogP contribution in [0.25, 0.3) is 0 Å². The van der Waals surface area contributed by atoms with Gasteiger partial charge >= 0.3 is 11.9 Å². The monoisotopic (exact) mass is 266 g/mol. The minimum Gasteiger partial charge on any atom is -0.478 e. The molecular weight excluding hydrogens is 248 g/mol. The number of hydrogen-bond donors (Lipinski definition) is 3. The molecule has 3 N–H and O–H groups in total. The van der Waals surface area contributed by atoms with Gasteiger partial charge in [-0.2, -0.15) is 0 Å². The van der Waals surface area contributed by atoms with Crippen molar-refractivity contribution >= 4 is 11.9 Å². The minimum atomic E-state index is -1.30. The van der Waals surface area contributed by atoms with E-state index >= 15 is 0 Å². The van der Waals surface area contributed by atoms with Gasteiger partial charge in [-0.1, -0.05) is 19.9 Å². The molecule has 0 unspecified atom stereocenters. The second-order valence-electron chi connectivity index (χ2n) is 5.27. The SMILES string of the molecule is CC(C)c1c(C(C)(C)O)ccc(C(=O)O)c1C(=O)O. The lowest BCUT2D eigenvalue weighted by Gasteiger charge is -2.25. The number of carboxylic acids is 2. The first-order valence-electron chi connectivity index (χ1n) is 5.93. The van der Waals surface area contributed by atoms with Crippen molar-refractivity contribution in [2.24, 2.45) is 0 Å². The number of hydrogen-bond acceptors (Lipinski definition) is 3. The van der Waals surface area contributed by atoms with Crippen LogP contribution in [0.15, 0.2) is 12.1 Å². The van der Waals surface area contributed by atoms with Gasteiger partial charge in [0.25, 0.3) is 0 Å². The Kier molecular flexibility index (Phi) is 4.00. The van der Waals surface area contributed by atoms with E-state index in [1.54, 1.807) is 27.7 Å². The molecule has 0 atom stereocenters. The molecule has 0 aliphatic carbocycles. The van der Waals surface area contributed by atoms with E-state index in [-0.39, 0.29) is 17.0 Å². The summed E-state index contributed by atoms with van der Waals surface area (Å²) in [4.78, 5) is 22.5. The Labute approximate surface area is 111 Å². The van der Waals surface area contributed by atoms with Crippen LogP contribution in [-0.2, 0) is 5.60 Å². The topological polar surface area (TPSA) is 94.8 Å². The summed E-state index contributed by atoms with van der Waals surface area (Å²) in [6.07, 6.45) is 0. The molecular formula is C14H18O5. The van der Waals surface area contributed by atoms with Crippen molar-refractivity contribution in [1.82, 2.24) is 0 Å². The van der Waals surface area contributed by atoms with Crippen LogP contribution in [0.2, 0.25) is 0 Å². The summed E-state index contributed by atoms with van der Waals surface area (Å²) in [5, 5.41) is 28.5.